The molecule has 2 rings (SSSR count). The third-order valence-corrected chi connectivity index (χ3v) is 2.72. The molecule has 2 nitrogen and oxygen atoms in total. The molecule has 0 radical (unpaired) electrons. The highest BCUT2D eigenvalue weighted by Crippen LogP contribution is 2.30. The van der Waals surface area contributed by atoms with Crippen molar-refractivity contribution >= 4 is 15.9 Å². The Bertz CT molecular complexity index is 516. The number of pyridine rings is 1. The summed E-state index contributed by atoms with van der Waals surface area (Å²) in [5.74, 6) is 0.558. The van der Waals surface area contributed by atoms with E-state index in [1.165, 1.54) is 12.1 Å². The minimum atomic E-state index is -0.341. The third-order valence-electron chi connectivity index (χ3n) is 2.06. The molecule has 4 heteroatoms. The summed E-state index contributed by atoms with van der Waals surface area (Å²) in [7, 11) is 0. The second-order valence-electron chi connectivity index (χ2n) is 3.30. The predicted molar refractivity (Wildman–Crippen MR) is 63.1 cm³/mol. The van der Waals surface area contributed by atoms with Crippen LogP contribution in [0, 0.1) is 12.7 Å². The van der Waals surface area contributed by atoms with Crippen molar-refractivity contribution in [2.45, 2.75) is 6.92 Å². The van der Waals surface area contributed by atoms with E-state index in [1.54, 1.807) is 12.3 Å². The Morgan fingerprint density at radius 3 is 2.88 bits per heavy atom. The normalized spacial score (nSPS) is 10.2. The molecule has 0 saturated carbocycles. The van der Waals surface area contributed by atoms with Crippen molar-refractivity contribution in [3.05, 3.63) is 52.4 Å². The van der Waals surface area contributed by atoms with Gasteiger partial charge in [0.05, 0.1) is 4.47 Å². The Morgan fingerprint density at radius 1 is 1.31 bits per heavy atom. The van der Waals surface area contributed by atoms with Gasteiger partial charge in [-0.3, -0.25) is 0 Å². The van der Waals surface area contributed by atoms with Crippen LogP contribution in [-0.2, 0) is 0 Å². The zero-order chi connectivity index (χ0) is 11.5. The summed E-state index contributed by atoms with van der Waals surface area (Å²) in [4.78, 5) is 4.08. The molecule has 2 aromatic rings. The summed E-state index contributed by atoms with van der Waals surface area (Å²) in [5.41, 5.74) is 0.902. The molecule has 0 aliphatic rings. The fourth-order valence-electron chi connectivity index (χ4n) is 1.24. The minimum Gasteiger partial charge on any atom is -0.437 e. The van der Waals surface area contributed by atoms with Crippen molar-refractivity contribution in [2.24, 2.45) is 0 Å². The molecule has 0 saturated heterocycles. The van der Waals surface area contributed by atoms with Gasteiger partial charge in [0.1, 0.15) is 11.6 Å². The summed E-state index contributed by atoms with van der Waals surface area (Å²) < 4.78 is 19.2. The molecule has 0 atom stereocenters. The molecule has 0 N–H and O–H groups in total. The number of hydrogen-bond acceptors (Lipinski definition) is 2. The smallest absolute Gasteiger partial charge is 0.222 e. The highest BCUT2D eigenvalue weighted by molar-refractivity contribution is 9.10. The number of benzene rings is 1. The Hall–Kier alpha value is -1.42. The van der Waals surface area contributed by atoms with Crippen LogP contribution in [0.1, 0.15) is 5.56 Å². The lowest BCUT2D eigenvalue weighted by molar-refractivity contribution is 0.451. The number of hydrogen-bond donors (Lipinski definition) is 0. The molecule has 1 heterocycles. The molecule has 0 amide bonds. The van der Waals surface area contributed by atoms with E-state index in [-0.39, 0.29) is 5.82 Å². The van der Waals surface area contributed by atoms with E-state index in [4.69, 9.17) is 4.74 Å². The fourth-order valence-corrected chi connectivity index (χ4v) is 1.57. The second kappa shape index (κ2) is 4.61. The number of aromatic nitrogens is 1. The molecule has 0 aliphatic carbocycles. The van der Waals surface area contributed by atoms with Crippen LogP contribution in [0.4, 0.5) is 4.39 Å². The van der Waals surface area contributed by atoms with Gasteiger partial charge in [-0.25, -0.2) is 9.37 Å². The van der Waals surface area contributed by atoms with E-state index < -0.39 is 0 Å². The second-order valence-corrected chi connectivity index (χ2v) is 4.16. The largest absolute Gasteiger partial charge is 0.437 e. The molecule has 0 unspecified atom stereocenters. The molecule has 0 fully saturated rings. The fraction of sp³-hybridized carbons (Fsp3) is 0.0833. The lowest BCUT2D eigenvalue weighted by Gasteiger charge is -2.08. The summed E-state index contributed by atoms with van der Waals surface area (Å²) in [6.07, 6.45) is 1.63. The summed E-state index contributed by atoms with van der Waals surface area (Å²) in [5, 5.41) is 0. The molecule has 0 aliphatic heterocycles. The van der Waals surface area contributed by atoms with Gasteiger partial charge in [-0.05, 0) is 41.1 Å². The van der Waals surface area contributed by atoms with Crippen LogP contribution in [0.5, 0.6) is 11.6 Å². The van der Waals surface area contributed by atoms with Crippen LogP contribution < -0.4 is 4.74 Å². The summed E-state index contributed by atoms with van der Waals surface area (Å²) >= 11 is 3.29. The van der Waals surface area contributed by atoms with Gasteiger partial charge in [-0.15, -0.1) is 0 Å². The first kappa shape index (κ1) is 11.1. The highest BCUT2D eigenvalue weighted by atomic mass is 79.9. The zero-order valence-corrected chi connectivity index (χ0v) is 10.2. The molecule has 1 aromatic heterocycles. The average Bonchev–Trinajstić information content (AvgIpc) is 2.27. The SMILES string of the molecule is Cc1cccnc1Oc1cc(F)ccc1Br. The molecule has 82 valence electrons. The summed E-state index contributed by atoms with van der Waals surface area (Å²) in [6, 6.07) is 7.99. The van der Waals surface area contributed by atoms with E-state index >= 15 is 0 Å². The van der Waals surface area contributed by atoms with Crippen LogP contribution >= 0.6 is 15.9 Å². The maximum absolute atomic E-state index is 13.0. The van der Waals surface area contributed by atoms with E-state index in [0.29, 0.717) is 16.1 Å². The van der Waals surface area contributed by atoms with Gasteiger partial charge in [0.25, 0.3) is 0 Å². The standard InChI is InChI=1S/C12H9BrFNO/c1-8-3-2-6-15-12(8)16-11-7-9(14)4-5-10(11)13/h2-7H,1H3. The van der Waals surface area contributed by atoms with Crippen LogP contribution in [0.25, 0.3) is 0 Å². The van der Waals surface area contributed by atoms with Crippen LogP contribution in [-0.4, -0.2) is 4.98 Å². The van der Waals surface area contributed by atoms with Crippen LogP contribution in [0.2, 0.25) is 0 Å². The first-order valence-corrected chi connectivity index (χ1v) is 5.50. The average molecular weight is 282 g/mol. The molecular weight excluding hydrogens is 273 g/mol. The highest BCUT2D eigenvalue weighted by Gasteiger charge is 2.06. The maximum atomic E-state index is 13.0. The first-order chi connectivity index (χ1) is 7.66. The topological polar surface area (TPSA) is 22.1 Å². The van der Waals surface area contributed by atoms with Crippen molar-refractivity contribution in [1.29, 1.82) is 0 Å². The van der Waals surface area contributed by atoms with Crippen molar-refractivity contribution in [3.8, 4) is 11.6 Å². The predicted octanol–water partition coefficient (Wildman–Crippen LogP) is 4.08. The maximum Gasteiger partial charge on any atom is 0.222 e. The number of nitrogens with zero attached hydrogens (tertiary/aromatic N) is 1. The Kier molecular flexibility index (Phi) is 3.19. The van der Waals surface area contributed by atoms with E-state index in [2.05, 4.69) is 20.9 Å². The lowest BCUT2D eigenvalue weighted by atomic mass is 10.3. The van der Waals surface area contributed by atoms with Gasteiger partial charge in [0.15, 0.2) is 0 Å². The monoisotopic (exact) mass is 281 g/mol. The van der Waals surface area contributed by atoms with Gasteiger partial charge in [-0.2, -0.15) is 0 Å². The molecule has 16 heavy (non-hydrogen) atoms. The minimum absolute atomic E-state index is 0.341. The third kappa shape index (κ3) is 2.39. The van der Waals surface area contributed by atoms with E-state index in [0.717, 1.165) is 5.56 Å². The first-order valence-electron chi connectivity index (χ1n) is 4.71. The zero-order valence-electron chi connectivity index (χ0n) is 8.58. The van der Waals surface area contributed by atoms with Gasteiger partial charge in [-0.1, -0.05) is 6.07 Å². The van der Waals surface area contributed by atoms with Crippen LogP contribution in [0.3, 0.4) is 0 Å². The van der Waals surface area contributed by atoms with Gasteiger partial charge >= 0.3 is 0 Å². The quantitative estimate of drug-likeness (QED) is 0.827. The summed E-state index contributed by atoms with van der Waals surface area (Å²) in [6.45, 7) is 1.88. The molecular formula is C12H9BrFNO. The van der Waals surface area contributed by atoms with Gasteiger partial charge in [0, 0.05) is 17.8 Å². The van der Waals surface area contributed by atoms with E-state index in [1.807, 2.05) is 19.1 Å². The number of halogens is 2. The van der Waals surface area contributed by atoms with Crippen LogP contribution in [0.15, 0.2) is 41.0 Å². The van der Waals surface area contributed by atoms with Crippen molar-refractivity contribution in [1.82, 2.24) is 4.98 Å². The van der Waals surface area contributed by atoms with Crippen molar-refractivity contribution in [2.75, 3.05) is 0 Å². The molecule has 0 spiro atoms. The Labute approximate surface area is 101 Å². The number of aryl methyl sites for hydroxylation is 1. The van der Waals surface area contributed by atoms with Gasteiger partial charge in [0.2, 0.25) is 5.88 Å². The van der Waals surface area contributed by atoms with Gasteiger partial charge < -0.3 is 4.74 Å². The lowest BCUT2D eigenvalue weighted by Crippen LogP contribution is -1.91. The van der Waals surface area contributed by atoms with E-state index in [9.17, 15) is 4.39 Å². The Morgan fingerprint density at radius 2 is 2.12 bits per heavy atom. The molecule has 1 aromatic carbocycles. The van der Waals surface area contributed by atoms with Crippen molar-refractivity contribution < 1.29 is 9.13 Å². The number of rotatable bonds is 2. The molecule has 0 bridgehead atoms. The number of ether oxygens (including phenoxy) is 1. The van der Waals surface area contributed by atoms with Crippen molar-refractivity contribution in [3.63, 3.8) is 0 Å². The Balaban J connectivity index is 2.34.